The lowest BCUT2D eigenvalue weighted by atomic mass is 10.6. The molecule has 5 heteroatoms. The number of hydrogen-bond donors (Lipinski definition) is 0. The number of esters is 2. The zero-order chi connectivity index (χ0) is 9.56. The van der Waals surface area contributed by atoms with Crippen molar-refractivity contribution in [2.45, 2.75) is 13.2 Å². The first-order valence-corrected chi connectivity index (χ1v) is 3.72. The molecule has 0 N–H and O–H groups in total. The normalized spacial score (nSPS) is 11.5. The fourth-order valence-corrected chi connectivity index (χ4v) is 0.515. The van der Waals surface area contributed by atoms with Crippen LogP contribution in [0, 0.1) is 0 Å². The summed E-state index contributed by atoms with van der Waals surface area (Å²) in [4.78, 5) is 21.0. The van der Waals surface area contributed by atoms with Crippen LogP contribution in [0.15, 0.2) is 12.7 Å². The molecule has 68 valence electrons. The lowest BCUT2D eigenvalue weighted by molar-refractivity contribution is -0.178. The Labute approximate surface area is 75.1 Å². The van der Waals surface area contributed by atoms with Crippen LogP contribution in [-0.4, -0.2) is 24.1 Å². The van der Waals surface area contributed by atoms with E-state index in [0.29, 0.717) is 0 Å². The first-order chi connectivity index (χ1) is 5.60. The third-order valence-electron chi connectivity index (χ3n) is 0.855. The summed E-state index contributed by atoms with van der Waals surface area (Å²) < 4.78 is 9.02. The van der Waals surface area contributed by atoms with Gasteiger partial charge in [0.25, 0.3) is 0 Å². The van der Waals surface area contributed by atoms with Crippen LogP contribution in [-0.2, 0) is 19.1 Å². The largest absolute Gasteiger partial charge is 0.425 e. The van der Waals surface area contributed by atoms with Gasteiger partial charge in [-0.3, -0.25) is 4.79 Å². The molecule has 12 heavy (non-hydrogen) atoms. The minimum absolute atomic E-state index is 0.268. The topological polar surface area (TPSA) is 52.6 Å². The predicted molar refractivity (Wildman–Crippen MR) is 42.6 cm³/mol. The first kappa shape index (κ1) is 11.0. The highest BCUT2D eigenvalue weighted by atomic mass is 35.5. The van der Waals surface area contributed by atoms with E-state index in [1.54, 1.807) is 0 Å². The van der Waals surface area contributed by atoms with E-state index in [-0.39, 0.29) is 5.88 Å². The molecule has 0 radical (unpaired) electrons. The first-order valence-electron chi connectivity index (χ1n) is 3.18. The number of carbonyl (C=O) groups is 2. The van der Waals surface area contributed by atoms with Crippen molar-refractivity contribution in [1.29, 1.82) is 0 Å². The van der Waals surface area contributed by atoms with E-state index in [2.05, 4.69) is 16.1 Å². The van der Waals surface area contributed by atoms with Crippen LogP contribution >= 0.6 is 11.6 Å². The molecule has 1 atom stereocenters. The monoisotopic (exact) mass is 192 g/mol. The maximum absolute atomic E-state index is 10.5. The second-order valence-corrected chi connectivity index (χ2v) is 2.10. The van der Waals surface area contributed by atoms with Crippen molar-refractivity contribution in [2.24, 2.45) is 0 Å². The molecule has 0 aliphatic carbocycles. The standard InChI is InChI=1S/C7H9ClO4/c1-3-6(9)11-5(2)12-7(10)4-8/h3,5H,1,4H2,2H3. The molecule has 0 aliphatic heterocycles. The molecule has 0 saturated heterocycles. The summed E-state index contributed by atoms with van der Waals surface area (Å²) in [5.74, 6) is -1.55. The second-order valence-electron chi connectivity index (χ2n) is 1.83. The van der Waals surface area contributed by atoms with Crippen LogP contribution in [0.3, 0.4) is 0 Å². The highest BCUT2D eigenvalue weighted by Gasteiger charge is 2.10. The van der Waals surface area contributed by atoms with Crippen LogP contribution in [0.4, 0.5) is 0 Å². The molecule has 4 nitrogen and oxygen atoms in total. The maximum Gasteiger partial charge on any atom is 0.333 e. The number of carbonyl (C=O) groups excluding carboxylic acids is 2. The number of hydrogen-bond acceptors (Lipinski definition) is 4. The Morgan fingerprint density at radius 2 is 2.17 bits per heavy atom. The summed E-state index contributed by atoms with van der Waals surface area (Å²) in [6, 6.07) is 0. The van der Waals surface area contributed by atoms with Gasteiger partial charge in [-0.05, 0) is 0 Å². The molecular weight excluding hydrogens is 184 g/mol. The van der Waals surface area contributed by atoms with Crippen LogP contribution in [0.25, 0.3) is 0 Å². The van der Waals surface area contributed by atoms with Crippen LogP contribution in [0.2, 0.25) is 0 Å². The molecule has 0 bridgehead atoms. The summed E-state index contributed by atoms with van der Waals surface area (Å²) in [6.45, 7) is 4.58. The fourth-order valence-electron chi connectivity index (χ4n) is 0.452. The summed E-state index contributed by atoms with van der Waals surface area (Å²) in [6.07, 6.45) is 0.0483. The molecule has 0 aliphatic rings. The van der Waals surface area contributed by atoms with E-state index in [1.165, 1.54) is 6.92 Å². The van der Waals surface area contributed by atoms with Gasteiger partial charge in [-0.2, -0.15) is 0 Å². The Morgan fingerprint density at radius 3 is 2.58 bits per heavy atom. The van der Waals surface area contributed by atoms with Gasteiger partial charge in [0.1, 0.15) is 5.88 Å². The van der Waals surface area contributed by atoms with Gasteiger partial charge in [-0.1, -0.05) is 6.58 Å². The number of alkyl halides is 1. The minimum Gasteiger partial charge on any atom is -0.425 e. The average Bonchev–Trinajstić information content (AvgIpc) is 2.03. The van der Waals surface area contributed by atoms with Gasteiger partial charge in [-0.25, -0.2) is 4.79 Å². The van der Waals surface area contributed by atoms with Crippen molar-refractivity contribution >= 4 is 23.5 Å². The van der Waals surface area contributed by atoms with E-state index in [4.69, 9.17) is 11.6 Å². The molecule has 0 heterocycles. The van der Waals surface area contributed by atoms with Gasteiger partial charge in [0, 0.05) is 13.0 Å². The van der Waals surface area contributed by atoms with Crippen molar-refractivity contribution in [2.75, 3.05) is 5.88 Å². The Hall–Kier alpha value is -1.03. The highest BCUT2D eigenvalue weighted by molar-refractivity contribution is 6.26. The van der Waals surface area contributed by atoms with E-state index in [1.807, 2.05) is 0 Å². The molecule has 0 amide bonds. The zero-order valence-corrected chi connectivity index (χ0v) is 7.34. The molecule has 0 aromatic heterocycles. The lowest BCUT2D eigenvalue weighted by Crippen LogP contribution is -2.21. The lowest BCUT2D eigenvalue weighted by Gasteiger charge is -2.11. The van der Waals surface area contributed by atoms with E-state index in [0.717, 1.165) is 6.08 Å². The maximum atomic E-state index is 10.5. The smallest absolute Gasteiger partial charge is 0.333 e. The number of halogens is 1. The van der Waals surface area contributed by atoms with Crippen LogP contribution in [0.1, 0.15) is 6.92 Å². The zero-order valence-electron chi connectivity index (χ0n) is 6.58. The van der Waals surface area contributed by atoms with Gasteiger partial charge in [0.2, 0.25) is 6.29 Å². The van der Waals surface area contributed by atoms with Crippen LogP contribution < -0.4 is 0 Å². The molecule has 0 aromatic carbocycles. The number of ether oxygens (including phenoxy) is 2. The van der Waals surface area contributed by atoms with Crippen molar-refractivity contribution in [1.82, 2.24) is 0 Å². The SMILES string of the molecule is C=CC(=O)OC(C)OC(=O)CCl. The highest BCUT2D eigenvalue weighted by Crippen LogP contribution is 1.96. The average molecular weight is 193 g/mol. The van der Waals surface area contributed by atoms with Crippen molar-refractivity contribution in [3.8, 4) is 0 Å². The van der Waals surface area contributed by atoms with Gasteiger partial charge in [0.15, 0.2) is 0 Å². The summed E-state index contributed by atoms with van der Waals surface area (Å²) in [7, 11) is 0. The Bertz CT molecular complexity index is 190. The molecule has 0 saturated carbocycles. The van der Waals surface area contributed by atoms with E-state index < -0.39 is 18.2 Å². The van der Waals surface area contributed by atoms with Gasteiger partial charge >= 0.3 is 11.9 Å². The van der Waals surface area contributed by atoms with E-state index in [9.17, 15) is 9.59 Å². The Morgan fingerprint density at radius 1 is 1.58 bits per heavy atom. The molecule has 0 rings (SSSR count). The third kappa shape index (κ3) is 4.73. The van der Waals surface area contributed by atoms with Gasteiger partial charge < -0.3 is 9.47 Å². The summed E-state index contributed by atoms with van der Waals surface area (Å²) >= 11 is 5.13. The molecule has 1 unspecified atom stereocenters. The molecule has 0 fully saturated rings. The molecule has 0 aromatic rings. The number of rotatable bonds is 4. The van der Waals surface area contributed by atoms with Crippen molar-refractivity contribution in [3.05, 3.63) is 12.7 Å². The summed E-state index contributed by atoms with van der Waals surface area (Å²) in [5, 5.41) is 0. The van der Waals surface area contributed by atoms with Crippen molar-refractivity contribution in [3.63, 3.8) is 0 Å². The predicted octanol–water partition coefficient (Wildman–Crippen LogP) is 0.844. The summed E-state index contributed by atoms with van der Waals surface area (Å²) in [5.41, 5.74) is 0. The van der Waals surface area contributed by atoms with Crippen molar-refractivity contribution < 1.29 is 19.1 Å². The molecule has 0 spiro atoms. The Balaban J connectivity index is 3.73. The van der Waals surface area contributed by atoms with E-state index >= 15 is 0 Å². The third-order valence-corrected chi connectivity index (χ3v) is 1.07. The quantitative estimate of drug-likeness (QED) is 0.287. The molecular formula is C7H9ClO4. The van der Waals surface area contributed by atoms with Gasteiger partial charge in [0.05, 0.1) is 0 Å². The Kier molecular flexibility index (Phi) is 5.12. The second kappa shape index (κ2) is 5.60. The minimum atomic E-state index is -0.929. The fraction of sp³-hybridized carbons (Fsp3) is 0.429. The van der Waals surface area contributed by atoms with Crippen LogP contribution in [0.5, 0.6) is 0 Å². The van der Waals surface area contributed by atoms with Gasteiger partial charge in [-0.15, -0.1) is 11.6 Å².